The van der Waals surface area contributed by atoms with Crippen molar-refractivity contribution in [2.24, 2.45) is 0 Å². The van der Waals surface area contributed by atoms with Crippen molar-refractivity contribution in [3.8, 4) is 0 Å². The number of ether oxygens (including phenoxy) is 1. The molecule has 0 aromatic rings. The highest BCUT2D eigenvalue weighted by molar-refractivity contribution is 5.81. The van der Waals surface area contributed by atoms with Crippen LogP contribution in [-0.4, -0.2) is 62.3 Å². The number of carbonyl (C=O) groups excluding carboxylic acids is 1. The zero-order valence-electron chi connectivity index (χ0n) is 10.9. The van der Waals surface area contributed by atoms with Gasteiger partial charge in [0.05, 0.1) is 6.61 Å². The van der Waals surface area contributed by atoms with Crippen LogP contribution in [-0.2, 0) is 9.53 Å². The standard InChI is InChI=1S/C13H23N3O2/c1-2-6-16-7-3-11(4-8-16)15-13(17)12-10-14-5-9-18-12/h2,11-12,14H,1,3-10H2,(H,15,17). The third-order valence-electron chi connectivity index (χ3n) is 3.54. The summed E-state index contributed by atoms with van der Waals surface area (Å²) < 4.78 is 5.44. The molecule has 18 heavy (non-hydrogen) atoms. The summed E-state index contributed by atoms with van der Waals surface area (Å²) >= 11 is 0. The third-order valence-corrected chi connectivity index (χ3v) is 3.54. The number of rotatable bonds is 4. The number of nitrogens with one attached hydrogen (secondary N) is 2. The van der Waals surface area contributed by atoms with E-state index < -0.39 is 0 Å². The van der Waals surface area contributed by atoms with Gasteiger partial charge < -0.3 is 15.4 Å². The van der Waals surface area contributed by atoms with Crippen LogP contribution in [0.3, 0.4) is 0 Å². The summed E-state index contributed by atoms with van der Waals surface area (Å²) in [4.78, 5) is 14.3. The summed E-state index contributed by atoms with van der Waals surface area (Å²) in [7, 11) is 0. The summed E-state index contributed by atoms with van der Waals surface area (Å²) in [5.41, 5.74) is 0. The van der Waals surface area contributed by atoms with Crippen molar-refractivity contribution >= 4 is 5.91 Å². The maximum atomic E-state index is 12.0. The molecule has 0 aliphatic carbocycles. The molecule has 1 amide bonds. The van der Waals surface area contributed by atoms with Gasteiger partial charge in [0.2, 0.25) is 0 Å². The second-order valence-corrected chi connectivity index (χ2v) is 4.94. The van der Waals surface area contributed by atoms with E-state index in [1.807, 2.05) is 6.08 Å². The Balaban J connectivity index is 1.70. The van der Waals surface area contributed by atoms with Gasteiger partial charge in [-0.25, -0.2) is 0 Å². The molecule has 102 valence electrons. The van der Waals surface area contributed by atoms with E-state index in [9.17, 15) is 4.79 Å². The molecule has 5 nitrogen and oxygen atoms in total. The zero-order chi connectivity index (χ0) is 12.8. The van der Waals surface area contributed by atoms with Crippen LogP contribution in [0.2, 0.25) is 0 Å². The Morgan fingerprint density at radius 3 is 2.89 bits per heavy atom. The quantitative estimate of drug-likeness (QED) is 0.678. The van der Waals surface area contributed by atoms with Gasteiger partial charge in [-0.3, -0.25) is 9.69 Å². The highest BCUT2D eigenvalue weighted by Gasteiger charge is 2.25. The highest BCUT2D eigenvalue weighted by atomic mass is 16.5. The monoisotopic (exact) mass is 253 g/mol. The minimum absolute atomic E-state index is 0.0318. The van der Waals surface area contributed by atoms with E-state index in [0.29, 0.717) is 19.2 Å². The number of amides is 1. The topological polar surface area (TPSA) is 53.6 Å². The van der Waals surface area contributed by atoms with Gasteiger partial charge in [-0.2, -0.15) is 0 Å². The molecular formula is C13H23N3O2. The van der Waals surface area contributed by atoms with Crippen molar-refractivity contribution in [1.82, 2.24) is 15.5 Å². The van der Waals surface area contributed by atoms with Gasteiger partial charge in [0.1, 0.15) is 6.10 Å². The molecule has 2 N–H and O–H groups in total. The van der Waals surface area contributed by atoms with Gasteiger partial charge in [0, 0.05) is 38.8 Å². The molecular weight excluding hydrogens is 230 g/mol. The lowest BCUT2D eigenvalue weighted by Gasteiger charge is -2.32. The van der Waals surface area contributed by atoms with Gasteiger partial charge in [0.15, 0.2) is 0 Å². The average Bonchev–Trinajstić information content (AvgIpc) is 2.42. The van der Waals surface area contributed by atoms with Crippen LogP contribution in [0.4, 0.5) is 0 Å². The molecule has 5 heteroatoms. The fourth-order valence-corrected chi connectivity index (χ4v) is 2.47. The Morgan fingerprint density at radius 2 is 2.28 bits per heavy atom. The van der Waals surface area contributed by atoms with Gasteiger partial charge in [-0.1, -0.05) is 6.08 Å². The number of piperidine rings is 1. The number of morpholine rings is 1. The highest BCUT2D eigenvalue weighted by Crippen LogP contribution is 2.10. The van der Waals surface area contributed by atoms with E-state index in [-0.39, 0.29) is 12.0 Å². The summed E-state index contributed by atoms with van der Waals surface area (Å²) in [5, 5.41) is 6.27. The molecule has 0 aromatic heterocycles. The molecule has 0 saturated carbocycles. The van der Waals surface area contributed by atoms with E-state index in [1.165, 1.54) is 0 Å². The fourth-order valence-electron chi connectivity index (χ4n) is 2.47. The average molecular weight is 253 g/mol. The minimum Gasteiger partial charge on any atom is -0.366 e. The van der Waals surface area contributed by atoms with Crippen molar-refractivity contribution in [3.63, 3.8) is 0 Å². The summed E-state index contributed by atoms with van der Waals surface area (Å²) in [6.07, 6.45) is 3.64. The van der Waals surface area contributed by atoms with Crippen molar-refractivity contribution in [3.05, 3.63) is 12.7 Å². The molecule has 1 atom stereocenters. The maximum absolute atomic E-state index is 12.0. The SMILES string of the molecule is C=CCN1CCC(NC(=O)C2CNCCO2)CC1. The van der Waals surface area contributed by atoms with Crippen LogP contribution in [0.25, 0.3) is 0 Å². The molecule has 2 aliphatic heterocycles. The number of likely N-dealkylation sites (tertiary alicyclic amines) is 1. The third kappa shape index (κ3) is 3.80. The Morgan fingerprint density at radius 1 is 1.50 bits per heavy atom. The molecule has 0 aromatic carbocycles. The molecule has 0 radical (unpaired) electrons. The Labute approximate surface area is 109 Å². The maximum Gasteiger partial charge on any atom is 0.250 e. The van der Waals surface area contributed by atoms with Crippen molar-refractivity contribution < 1.29 is 9.53 Å². The predicted molar refractivity (Wildman–Crippen MR) is 70.4 cm³/mol. The lowest BCUT2D eigenvalue weighted by atomic mass is 10.0. The smallest absolute Gasteiger partial charge is 0.250 e. The Kier molecular flexibility index (Phi) is 5.16. The van der Waals surface area contributed by atoms with E-state index in [4.69, 9.17) is 4.74 Å². The number of carbonyl (C=O) groups is 1. The molecule has 2 rings (SSSR count). The summed E-state index contributed by atoms with van der Waals surface area (Å²) in [6.45, 7) is 8.83. The van der Waals surface area contributed by atoms with Gasteiger partial charge >= 0.3 is 0 Å². The van der Waals surface area contributed by atoms with Gasteiger partial charge in [-0.05, 0) is 12.8 Å². The van der Waals surface area contributed by atoms with Crippen molar-refractivity contribution in [2.75, 3.05) is 39.3 Å². The first kappa shape index (κ1) is 13.5. The van der Waals surface area contributed by atoms with E-state index >= 15 is 0 Å². The fraction of sp³-hybridized carbons (Fsp3) is 0.769. The van der Waals surface area contributed by atoms with Crippen LogP contribution < -0.4 is 10.6 Å². The van der Waals surface area contributed by atoms with Crippen LogP contribution in [0.5, 0.6) is 0 Å². The van der Waals surface area contributed by atoms with Crippen molar-refractivity contribution in [1.29, 1.82) is 0 Å². The van der Waals surface area contributed by atoms with E-state index in [0.717, 1.165) is 39.0 Å². The lowest BCUT2D eigenvalue weighted by molar-refractivity contribution is -0.135. The Hall–Kier alpha value is -0.910. The van der Waals surface area contributed by atoms with Crippen molar-refractivity contribution in [2.45, 2.75) is 25.0 Å². The second kappa shape index (κ2) is 6.87. The van der Waals surface area contributed by atoms with Gasteiger partial charge in [-0.15, -0.1) is 6.58 Å². The normalized spacial score (nSPS) is 26.8. The molecule has 2 saturated heterocycles. The first-order chi connectivity index (χ1) is 8.79. The lowest BCUT2D eigenvalue weighted by Crippen LogP contribution is -2.52. The first-order valence-corrected chi connectivity index (χ1v) is 6.75. The largest absolute Gasteiger partial charge is 0.366 e. The minimum atomic E-state index is -0.315. The Bertz CT molecular complexity index is 282. The van der Waals surface area contributed by atoms with E-state index in [1.54, 1.807) is 0 Å². The van der Waals surface area contributed by atoms with Gasteiger partial charge in [0.25, 0.3) is 5.91 Å². The second-order valence-electron chi connectivity index (χ2n) is 4.94. The first-order valence-electron chi connectivity index (χ1n) is 6.75. The number of hydrogen-bond acceptors (Lipinski definition) is 4. The summed E-state index contributed by atoms with van der Waals surface area (Å²) in [6, 6.07) is 0.295. The van der Waals surface area contributed by atoms with Crippen LogP contribution in [0, 0.1) is 0 Å². The molecule has 0 bridgehead atoms. The van der Waals surface area contributed by atoms with Crippen LogP contribution in [0.15, 0.2) is 12.7 Å². The number of nitrogens with zero attached hydrogens (tertiary/aromatic N) is 1. The molecule has 2 aliphatic rings. The predicted octanol–water partition coefficient (Wildman–Crippen LogP) is -0.259. The molecule has 0 spiro atoms. The molecule has 2 heterocycles. The zero-order valence-corrected chi connectivity index (χ0v) is 10.9. The molecule has 2 fully saturated rings. The van der Waals surface area contributed by atoms with E-state index in [2.05, 4.69) is 22.1 Å². The molecule has 1 unspecified atom stereocenters. The van der Waals surface area contributed by atoms with Crippen LogP contribution >= 0.6 is 0 Å². The van der Waals surface area contributed by atoms with Crippen LogP contribution in [0.1, 0.15) is 12.8 Å². The summed E-state index contributed by atoms with van der Waals surface area (Å²) in [5.74, 6) is 0.0318. The number of hydrogen-bond donors (Lipinski definition) is 2.